The summed E-state index contributed by atoms with van der Waals surface area (Å²) in [5.41, 5.74) is 6.17. The number of halogens is 1. The number of hydrogen-bond acceptors (Lipinski definition) is 3. The smallest absolute Gasteiger partial charge is 0.310 e. The maximum absolute atomic E-state index is 12.4. The van der Waals surface area contributed by atoms with E-state index >= 15 is 0 Å². The standard InChI is InChI=1S/C22H24ClN3O2/c1-13-5-6-15(11-16(13)12-23)19(22(21(27)28)9-4-10-22)17-7-8-18-20(14(17)2)24-25-26(18)3/h5-8,11,19H,4,9-10,12H2,1-3H3,(H,27,28). The summed E-state index contributed by atoms with van der Waals surface area (Å²) in [6, 6.07) is 10.2. The monoisotopic (exact) mass is 397 g/mol. The highest BCUT2D eigenvalue weighted by Crippen LogP contribution is 2.55. The van der Waals surface area contributed by atoms with Crippen molar-refractivity contribution < 1.29 is 9.90 Å². The predicted octanol–water partition coefficient (Wildman–Crippen LogP) is 4.71. The zero-order chi connectivity index (χ0) is 20.1. The Labute approximate surface area is 169 Å². The van der Waals surface area contributed by atoms with E-state index in [9.17, 15) is 9.90 Å². The van der Waals surface area contributed by atoms with Gasteiger partial charge < -0.3 is 5.11 Å². The fourth-order valence-corrected chi connectivity index (χ4v) is 4.84. The van der Waals surface area contributed by atoms with Crippen LogP contribution >= 0.6 is 11.6 Å². The highest BCUT2D eigenvalue weighted by atomic mass is 35.5. The van der Waals surface area contributed by atoms with Crippen LogP contribution in [0.5, 0.6) is 0 Å². The summed E-state index contributed by atoms with van der Waals surface area (Å²) in [4.78, 5) is 12.4. The van der Waals surface area contributed by atoms with E-state index in [1.54, 1.807) is 4.68 Å². The van der Waals surface area contributed by atoms with E-state index in [0.717, 1.165) is 45.3 Å². The van der Waals surface area contributed by atoms with Crippen LogP contribution in [0.4, 0.5) is 0 Å². The molecule has 1 aliphatic carbocycles. The van der Waals surface area contributed by atoms with Gasteiger partial charge in [-0.25, -0.2) is 4.68 Å². The molecule has 0 bridgehead atoms. The van der Waals surface area contributed by atoms with E-state index in [1.165, 1.54) is 0 Å². The molecule has 0 amide bonds. The second kappa shape index (κ2) is 6.89. The van der Waals surface area contributed by atoms with Crippen LogP contribution in [-0.2, 0) is 17.7 Å². The lowest BCUT2D eigenvalue weighted by atomic mass is 9.57. The zero-order valence-electron chi connectivity index (χ0n) is 16.4. The molecule has 3 aromatic rings. The number of fused-ring (bicyclic) bond motifs is 1. The minimum Gasteiger partial charge on any atom is -0.481 e. The third kappa shape index (κ3) is 2.72. The van der Waals surface area contributed by atoms with Crippen molar-refractivity contribution in [3.63, 3.8) is 0 Å². The van der Waals surface area contributed by atoms with Crippen molar-refractivity contribution in [2.75, 3.05) is 0 Å². The van der Waals surface area contributed by atoms with Gasteiger partial charge in [0.25, 0.3) is 0 Å². The molecule has 0 saturated heterocycles. The summed E-state index contributed by atoms with van der Waals surface area (Å²) in [7, 11) is 1.86. The maximum atomic E-state index is 12.4. The van der Waals surface area contributed by atoms with E-state index in [0.29, 0.717) is 18.7 Å². The van der Waals surface area contributed by atoms with Crippen LogP contribution in [0.25, 0.3) is 11.0 Å². The number of nitrogens with zero attached hydrogens (tertiary/aromatic N) is 3. The Morgan fingerprint density at radius 1 is 1.29 bits per heavy atom. The Balaban J connectivity index is 1.97. The summed E-state index contributed by atoms with van der Waals surface area (Å²) >= 11 is 6.15. The van der Waals surface area contributed by atoms with Crippen LogP contribution in [0.3, 0.4) is 0 Å². The molecule has 28 heavy (non-hydrogen) atoms. The fourth-order valence-electron chi connectivity index (χ4n) is 4.56. The molecule has 0 aliphatic heterocycles. The predicted molar refractivity (Wildman–Crippen MR) is 110 cm³/mol. The molecule has 4 rings (SSSR count). The molecule has 1 heterocycles. The van der Waals surface area contributed by atoms with Crippen molar-refractivity contribution in [2.45, 2.75) is 44.9 Å². The number of benzene rings is 2. The number of hydrogen-bond donors (Lipinski definition) is 1. The largest absolute Gasteiger partial charge is 0.481 e. The molecule has 1 N–H and O–H groups in total. The first-order chi connectivity index (χ1) is 13.4. The van der Waals surface area contributed by atoms with Gasteiger partial charge in [0.15, 0.2) is 0 Å². The Morgan fingerprint density at radius 3 is 2.64 bits per heavy atom. The summed E-state index contributed by atoms with van der Waals surface area (Å²) < 4.78 is 1.74. The average Bonchev–Trinajstić information content (AvgIpc) is 3.01. The first-order valence-corrected chi connectivity index (χ1v) is 10.1. The molecule has 0 radical (unpaired) electrons. The lowest BCUT2D eigenvalue weighted by Crippen LogP contribution is -2.44. The normalized spacial score (nSPS) is 16.7. The molecule has 1 aliphatic rings. The van der Waals surface area contributed by atoms with Crippen LogP contribution in [0.15, 0.2) is 30.3 Å². The van der Waals surface area contributed by atoms with Crippen molar-refractivity contribution in [1.82, 2.24) is 15.0 Å². The Hall–Kier alpha value is -2.40. The fraction of sp³-hybridized carbons (Fsp3) is 0.409. The van der Waals surface area contributed by atoms with Crippen molar-refractivity contribution >= 4 is 28.6 Å². The van der Waals surface area contributed by atoms with E-state index in [-0.39, 0.29) is 5.92 Å². The summed E-state index contributed by atoms with van der Waals surface area (Å²) in [6.45, 7) is 4.05. The number of aryl methyl sites for hydroxylation is 3. The molecule has 6 heteroatoms. The summed E-state index contributed by atoms with van der Waals surface area (Å²) in [6.07, 6.45) is 2.29. The molecule has 1 fully saturated rings. The second-order valence-electron chi connectivity index (χ2n) is 7.93. The van der Waals surface area contributed by atoms with E-state index in [4.69, 9.17) is 11.6 Å². The number of alkyl halides is 1. The first-order valence-electron chi connectivity index (χ1n) is 9.56. The van der Waals surface area contributed by atoms with Crippen molar-refractivity contribution in [3.8, 4) is 0 Å². The number of aromatic nitrogens is 3. The average molecular weight is 398 g/mol. The van der Waals surface area contributed by atoms with Gasteiger partial charge in [-0.1, -0.05) is 35.9 Å². The molecule has 1 atom stereocenters. The second-order valence-corrected chi connectivity index (χ2v) is 8.20. The van der Waals surface area contributed by atoms with Gasteiger partial charge in [0.2, 0.25) is 0 Å². The van der Waals surface area contributed by atoms with Gasteiger partial charge >= 0.3 is 5.97 Å². The van der Waals surface area contributed by atoms with Gasteiger partial charge in [0, 0.05) is 18.8 Å². The highest BCUT2D eigenvalue weighted by molar-refractivity contribution is 6.17. The minimum absolute atomic E-state index is 0.243. The molecule has 1 unspecified atom stereocenters. The quantitative estimate of drug-likeness (QED) is 0.633. The zero-order valence-corrected chi connectivity index (χ0v) is 17.1. The SMILES string of the molecule is Cc1ccc(C(c2ccc3c(nnn3C)c2C)C2(C(=O)O)CCC2)cc1CCl. The Kier molecular flexibility index (Phi) is 4.66. The number of carboxylic acids is 1. The molecule has 146 valence electrons. The molecule has 2 aromatic carbocycles. The lowest BCUT2D eigenvalue weighted by molar-refractivity contribution is -0.155. The molecule has 1 aromatic heterocycles. The minimum atomic E-state index is -0.792. The Morgan fingerprint density at radius 2 is 2.04 bits per heavy atom. The molecule has 5 nitrogen and oxygen atoms in total. The van der Waals surface area contributed by atoms with Gasteiger partial charge in [-0.3, -0.25) is 4.79 Å². The highest BCUT2D eigenvalue weighted by Gasteiger charge is 2.52. The lowest BCUT2D eigenvalue weighted by Gasteiger charge is -2.45. The summed E-state index contributed by atoms with van der Waals surface area (Å²) in [5.74, 6) is -0.558. The van der Waals surface area contributed by atoms with Gasteiger partial charge in [0.1, 0.15) is 5.52 Å². The summed E-state index contributed by atoms with van der Waals surface area (Å²) in [5, 5.41) is 18.7. The third-order valence-electron chi connectivity index (χ3n) is 6.46. The van der Waals surface area contributed by atoms with Gasteiger partial charge in [-0.15, -0.1) is 16.7 Å². The van der Waals surface area contributed by atoms with E-state index in [1.807, 2.05) is 33.0 Å². The topological polar surface area (TPSA) is 68.0 Å². The van der Waals surface area contributed by atoms with Crippen LogP contribution in [0.2, 0.25) is 0 Å². The van der Waals surface area contributed by atoms with Crippen LogP contribution < -0.4 is 0 Å². The first kappa shape index (κ1) is 18.9. The Bertz CT molecular complexity index is 1070. The third-order valence-corrected chi connectivity index (χ3v) is 6.75. The van der Waals surface area contributed by atoms with Crippen LogP contribution in [0, 0.1) is 19.3 Å². The number of rotatable bonds is 5. The van der Waals surface area contributed by atoms with Crippen LogP contribution in [-0.4, -0.2) is 26.1 Å². The molecule has 0 spiro atoms. The molecule has 1 saturated carbocycles. The van der Waals surface area contributed by atoms with Crippen molar-refractivity contribution in [2.24, 2.45) is 12.5 Å². The van der Waals surface area contributed by atoms with Gasteiger partial charge in [-0.2, -0.15) is 0 Å². The van der Waals surface area contributed by atoms with Crippen LogP contribution in [0.1, 0.15) is 53.0 Å². The molecular weight excluding hydrogens is 374 g/mol. The van der Waals surface area contributed by atoms with E-state index < -0.39 is 11.4 Å². The number of carboxylic acid groups (broad SMARTS) is 1. The maximum Gasteiger partial charge on any atom is 0.310 e. The van der Waals surface area contributed by atoms with Crippen molar-refractivity contribution in [1.29, 1.82) is 0 Å². The van der Waals surface area contributed by atoms with E-state index in [2.05, 4.69) is 28.5 Å². The molecular formula is C22H24ClN3O2. The van der Waals surface area contributed by atoms with Crippen molar-refractivity contribution in [3.05, 3.63) is 58.1 Å². The van der Waals surface area contributed by atoms with Gasteiger partial charge in [-0.05, 0) is 60.6 Å². The number of aliphatic carboxylic acids is 1. The number of carbonyl (C=O) groups is 1. The van der Waals surface area contributed by atoms with Gasteiger partial charge in [0.05, 0.1) is 10.9 Å².